The maximum atomic E-state index is 12.6. The van der Waals surface area contributed by atoms with Crippen LogP contribution in [0.2, 0.25) is 0 Å². The summed E-state index contributed by atoms with van der Waals surface area (Å²) in [6.45, 7) is 4.40. The van der Waals surface area contributed by atoms with Crippen molar-refractivity contribution in [2.45, 2.75) is 65.2 Å². The van der Waals surface area contributed by atoms with Gasteiger partial charge in [-0.1, -0.05) is 17.2 Å². The van der Waals surface area contributed by atoms with Crippen molar-refractivity contribution in [2.75, 3.05) is 13.2 Å². The second-order valence-corrected chi connectivity index (χ2v) is 6.13. The van der Waals surface area contributed by atoms with Gasteiger partial charge in [0.15, 0.2) is 6.61 Å². The third kappa shape index (κ3) is 12.5. The summed E-state index contributed by atoms with van der Waals surface area (Å²) < 4.78 is 58.0. The summed E-state index contributed by atoms with van der Waals surface area (Å²) in [5.74, 6) is -5.97. The summed E-state index contributed by atoms with van der Waals surface area (Å²) in [6, 6.07) is 0. The van der Waals surface area contributed by atoms with Crippen molar-refractivity contribution in [1.29, 1.82) is 0 Å². The smallest absolute Gasteiger partial charge is 0.340 e. The van der Waals surface area contributed by atoms with Crippen LogP contribution in [-0.4, -0.2) is 37.5 Å². The molecule has 8 heteroatoms. The molecule has 0 aliphatic carbocycles. The molecule has 0 aliphatic heterocycles. The number of carbonyl (C=O) groups is 2. The van der Waals surface area contributed by atoms with E-state index in [1.165, 1.54) is 5.57 Å². The number of esters is 2. The molecule has 0 saturated carbocycles. The van der Waals surface area contributed by atoms with E-state index in [2.05, 4.69) is 10.8 Å². The zero-order chi connectivity index (χ0) is 20.2. The van der Waals surface area contributed by atoms with Crippen LogP contribution in [0.4, 0.5) is 17.6 Å². The largest absolute Gasteiger partial charge is 0.461 e. The van der Waals surface area contributed by atoms with E-state index in [1.54, 1.807) is 6.08 Å². The maximum absolute atomic E-state index is 12.6. The van der Waals surface area contributed by atoms with Gasteiger partial charge in [0.2, 0.25) is 0 Å². The fourth-order valence-electron chi connectivity index (χ4n) is 1.73. The Bertz CT molecular complexity index is 509. The SMILES string of the molecule is CC(C)=CCC/C(C)=C\COC(=O)CCCC(=O)OCC(F)(F)C(F)F. The van der Waals surface area contributed by atoms with Gasteiger partial charge in [0.1, 0.15) is 6.61 Å². The second kappa shape index (κ2) is 12.5. The van der Waals surface area contributed by atoms with Crippen LogP contribution in [0.3, 0.4) is 0 Å². The van der Waals surface area contributed by atoms with Crippen LogP contribution in [-0.2, 0) is 19.1 Å². The predicted octanol–water partition coefficient (Wildman–Crippen LogP) is 4.84. The van der Waals surface area contributed by atoms with Crippen molar-refractivity contribution in [1.82, 2.24) is 0 Å². The standard InChI is InChI=1S/C18H26F4O4/c1-13(2)6-4-7-14(3)10-11-25-15(23)8-5-9-16(24)26-12-18(21,22)17(19)20/h6,10,17H,4-5,7-9,11-12H2,1-3H3/b14-10-. The molecule has 4 nitrogen and oxygen atoms in total. The van der Waals surface area contributed by atoms with E-state index in [0.717, 1.165) is 18.4 Å². The van der Waals surface area contributed by atoms with Gasteiger partial charge in [0.05, 0.1) is 0 Å². The Morgan fingerprint density at radius 1 is 0.962 bits per heavy atom. The molecule has 0 aromatic heterocycles. The normalized spacial score (nSPS) is 12.1. The van der Waals surface area contributed by atoms with Gasteiger partial charge >= 0.3 is 24.3 Å². The number of halogens is 4. The van der Waals surface area contributed by atoms with E-state index in [-0.39, 0.29) is 25.9 Å². The monoisotopic (exact) mass is 382 g/mol. The molecular formula is C18H26F4O4. The number of rotatable bonds is 12. The summed E-state index contributed by atoms with van der Waals surface area (Å²) in [5, 5.41) is 0. The Morgan fingerprint density at radius 2 is 1.54 bits per heavy atom. The van der Waals surface area contributed by atoms with E-state index in [0.29, 0.717) is 0 Å². The lowest BCUT2D eigenvalue weighted by molar-refractivity contribution is -0.179. The maximum Gasteiger partial charge on any atom is 0.340 e. The molecule has 0 aliphatic rings. The molecule has 0 fully saturated rings. The average Bonchev–Trinajstić information content (AvgIpc) is 2.52. The van der Waals surface area contributed by atoms with Gasteiger partial charge in [-0.3, -0.25) is 9.59 Å². The minimum absolute atomic E-state index is 0.0290. The van der Waals surface area contributed by atoms with Crippen molar-refractivity contribution in [2.24, 2.45) is 0 Å². The van der Waals surface area contributed by atoms with Gasteiger partial charge in [-0.15, -0.1) is 0 Å². The molecule has 0 saturated heterocycles. The Morgan fingerprint density at radius 3 is 2.08 bits per heavy atom. The summed E-state index contributed by atoms with van der Waals surface area (Å²) >= 11 is 0. The molecule has 150 valence electrons. The van der Waals surface area contributed by atoms with Gasteiger partial charge in [-0.2, -0.15) is 8.78 Å². The zero-order valence-electron chi connectivity index (χ0n) is 15.3. The van der Waals surface area contributed by atoms with Crippen molar-refractivity contribution in [3.63, 3.8) is 0 Å². The Kier molecular flexibility index (Phi) is 11.6. The lowest BCUT2D eigenvalue weighted by Crippen LogP contribution is -2.33. The lowest BCUT2D eigenvalue weighted by atomic mass is 10.1. The number of allylic oxidation sites excluding steroid dienone is 3. The molecule has 0 heterocycles. The Balaban J connectivity index is 3.89. The summed E-state index contributed by atoms with van der Waals surface area (Å²) in [6.07, 6.45) is 1.38. The van der Waals surface area contributed by atoms with E-state index in [9.17, 15) is 27.2 Å². The summed E-state index contributed by atoms with van der Waals surface area (Å²) in [5.41, 5.74) is 2.32. The van der Waals surface area contributed by atoms with Crippen LogP contribution in [0.1, 0.15) is 52.9 Å². The van der Waals surface area contributed by atoms with Gasteiger partial charge in [0.25, 0.3) is 0 Å². The first-order valence-electron chi connectivity index (χ1n) is 8.30. The average molecular weight is 382 g/mol. The molecule has 0 unspecified atom stereocenters. The summed E-state index contributed by atoms with van der Waals surface area (Å²) in [7, 11) is 0. The molecule has 0 radical (unpaired) electrons. The van der Waals surface area contributed by atoms with Crippen LogP contribution >= 0.6 is 0 Å². The lowest BCUT2D eigenvalue weighted by Gasteiger charge is -2.14. The minimum Gasteiger partial charge on any atom is -0.461 e. The summed E-state index contributed by atoms with van der Waals surface area (Å²) in [4.78, 5) is 22.7. The van der Waals surface area contributed by atoms with E-state index in [1.807, 2.05) is 20.8 Å². The molecule has 0 bridgehead atoms. The van der Waals surface area contributed by atoms with Gasteiger partial charge in [0, 0.05) is 12.8 Å². The van der Waals surface area contributed by atoms with E-state index < -0.39 is 30.9 Å². The second-order valence-electron chi connectivity index (χ2n) is 6.13. The van der Waals surface area contributed by atoms with Gasteiger partial charge in [-0.05, 0) is 46.1 Å². The zero-order valence-corrected chi connectivity index (χ0v) is 15.3. The van der Waals surface area contributed by atoms with Crippen molar-refractivity contribution < 1.29 is 36.6 Å². The topological polar surface area (TPSA) is 52.6 Å². The first-order chi connectivity index (χ1) is 12.0. The molecule has 0 aromatic rings. The van der Waals surface area contributed by atoms with Crippen LogP contribution in [0, 0.1) is 0 Å². The highest BCUT2D eigenvalue weighted by Crippen LogP contribution is 2.23. The number of carbonyl (C=O) groups excluding carboxylic acids is 2. The fourth-order valence-corrected chi connectivity index (χ4v) is 1.73. The first kappa shape index (κ1) is 24.1. The predicted molar refractivity (Wildman–Crippen MR) is 89.1 cm³/mol. The molecular weight excluding hydrogens is 356 g/mol. The molecule has 26 heavy (non-hydrogen) atoms. The fraction of sp³-hybridized carbons (Fsp3) is 0.667. The van der Waals surface area contributed by atoms with Crippen LogP contribution in [0.5, 0.6) is 0 Å². The highest BCUT2D eigenvalue weighted by molar-refractivity contribution is 5.72. The van der Waals surface area contributed by atoms with Crippen molar-refractivity contribution in [3.05, 3.63) is 23.3 Å². The van der Waals surface area contributed by atoms with Crippen LogP contribution in [0.25, 0.3) is 0 Å². The molecule has 0 atom stereocenters. The van der Waals surface area contributed by atoms with Crippen LogP contribution in [0.15, 0.2) is 23.3 Å². The Labute approximate surface area is 151 Å². The van der Waals surface area contributed by atoms with E-state index >= 15 is 0 Å². The minimum atomic E-state index is -4.37. The van der Waals surface area contributed by atoms with Gasteiger partial charge < -0.3 is 9.47 Å². The van der Waals surface area contributed by atoms with Crippen molar-refractivity contribution >= 4 is 11.9 Å². The first-order valence-corrected chi connectivity index (χ1v) is 8.30. The van der Waals surface area contributed by atoms with E-state index in [4.69, 9.17) is 4.74 Å². The number of hydrogen-bond donors (Lipinski definition) is 0. The molecule has 0 aromatic carbocycles. The van der Waals surface area contributed by atoms with Gasteiger partial charge in [-0.25, -0.2) is 8.78 Å². The number of ether oxygens (including phenoxy) is 2. The molecule has 0 amide bonds. The molecule has 0 N–H and O–H groups in total. The molecule has 0 spiro atoms. The third-order valence-electron chi connectivity index (χ3n) is 3.27. The van der Waals surface area contributed by atoms with Crippen LogP contribution < -0.4 is 0 Å². The number of hydrogen-bond acceptors (Lipinski definition) is 4. The Hall–Kier alpha value is -1.86. The highest BCUT2D eigenvalue weighted by atomic mass is 19.3. The highest BCUT2D eigenvalue weighted by Gasteiger charge is 2.42. The quantitative estimate of drug-likeness (QED) is 0.275. The van der Waals surface area contributed by atoms with Crippen molar-refractivity contribution in [3.8, 4) is 0 Å². The number of alkyl halides is 4. The molecule has 0 rings (SSSR count). The third-order valence-corrected chi connectivity index (χ3v) is 3.27.